The summed E-state index contributed by atoms with van der Waals surface area (Å²) in [5.74, 6) is -0.666. The second-order valence-corrected chi connectivity index (χ2v) is 7.25. The third-order valence-electron chi connectivity index (χ3n) is 3.97. The summed E-state index contributed by atoms with van der Waals surface area (Å²) >= 11 is 7.33. The highest BCUT2D eigenvalue weighted by atomic mass is 35.5. The highest BCUT2D eigenvalue weighted by Crippen LogP contribution is 2.24. The highest BCUT2D eigenvalue weighted by Gasteiger charge is 2.16. The molecule has 140 valence electrons. The molecule has 1 N–H and O–H groups in total. The average Bonchev–Trinajstić information content (AvgIpc) is 3.37. The van der Waals surface area contributed by atoms with Gasteiger partial charge in [-0.2, -0.15) is 0 Å². The molecule has 0 aliphatic rings. The normalized spacial score (nSPS) is 10.8. The number of carbonyl (C=O) groups is 1. The minimum atomic E-state index is -0.442. The van der Waals surface area contributed by atoms with E-state index in [9.17, 15) is 9.18 Å². The number of amides is 1. The van der Waals surface area contributed by atoms with Crippen LogP contribution < -0.4 is 5.32 Å². The van der Waals surface area contributed by atoms with Crippen molar-refractivity contribution in [3.63, 3.8) is 0 Å². The summed E-state index contributed by atoms with van der Waals surface area (Å²) in [6, 6.07) is 14.9. The van der Waals surface area contributed by atoms with Crippen molar-refractivity contribution in [3.8, 4) is 22.6 Å². The smallest absolute Gasteiger partial charge is 0.273 e. The maximum Gasteiger partial charge on any atom is 0.273 e. The maximum atomic E-state index is 13.8. The zero-order valence-electron chi connectivity index (χ0n) is 14.4. The third kappa shape index (κ3) is 3.95. The molecule has 0 unspecified atom stereocenters. The first-order chi connectivity index (χ1) is 13.6. The fraction of sp³-hybridized carbons (Fsp3) is 0.0500. The van der Waals surface area contributed by atoms with Gasteiger partial charge in [0.1, 0.15) is 10.8 Å². The molecule has 2 heterocycles. The van der Waals surface area contributed by atoms with Gasteiger partial charge in [-0.25, -0.2) is 9.37 Å². The van der Waals surface area contributed by atoms with Crippen molar-refractivity contribution >= 4 is 28.8 Å². The van der Waals surface area contributed by atoms with Crippen LogP contribution in [-0.4, -0.2) is 16.0 Å². The van der Waals surface area contributed by atoms with Gasteiger partial charge >= 0.3 is 0 Å². The molecule has 0 bridgehead atoms. The van der Waals surface area contributed by atoms with Crippen molar-refractivity contribution in [2.75, 3.05) is 0 Å². The van der Waals surface area contributed by atoms with Gasteiger partial charge in [0.05, 0.1) is 17.8 Å². The molecular formula is C20H13ClFN3O2S. The number of thiazole rings is 1. The molecule has 2 aromatic carbocycles. The Morgan fingerprint density at radius 3 is 2.75 bits per heavy atom. The zero-order chi connectivity index (χ0) is 19.5. The summed E-state index contributed by atoms with van der Waals surface area (Å²) in [6.45, 7) is 0.249. The molecule has 28 heavy (non-hydrogen) atoms. The summed E-state index contributed by atoms with van der Waals surface area (Å²) in [5.41, 5.74) is 2.09. The maximum absolute atomic E-state index is 13.8. The van der Waals surface area contributed by atoms with E-state index in [-0.39, 0.29) is 23.6 Å². The minimum absolute atomic E-state index is 0.0766. The lowest BCUT2D eigenvalue weighted by molar-refractivity contribution is 0.0942. The first-order valence-corrected chi connectivity index (χ1v) is 9.56. The zero-order valence-corrected chi connectivity index (χ0v) is 15.9. The molecule has 4 aromatic rings. The van der Waals surface area contributed by atoms with Gasteiger partial charge in [-0.05, 0) is 24.3 Å². The molecule has 0 atom stereocenters. The van der Waals surface area contributed by atoms with Gasteiger partial charge < -0.3 is 9.84 Å². The van der Waals surface area contributed by atoms with Crippen LogP contribution >= 0.6 is 22.9 Å². The summed E-state index contributed by atoms with van der Waals surface area (Å²) in [7, 11) is 0. The fourth-order valence-electron chi connectivity index (χ4n) is 2.56. The van der Waals surface area contributed by atoms with Crippen molar-refractivity contribution in [1.82, 2.24) is 15.5 Å². The van der Waals surface area contributed by atoms with E-state index in [1.807, 2.05) is 17.5 Å². The number of nitrogens with zero attached hydrogens (tertiary/aromatic N) is 2. The van der Waals surface area contributed by atoms with Crippen LogP contribution in [0.3, 0.4) is 0 Å². The molecular weight excluding hydrogens is 401 g/mol. The lowest BCUT2D eigenvalue weighted by Gasteiger charge is -1.99. The number of halogens is 2. The number of rotatable bonds is 5. The SMILES string of the molecule is O=C(NCc1nc(-c2ccc(Cl)cc2)cs1)c1cc(-c2ccccc2F)on1. The van der Waals surface area contributed by atoms with E-state index in [0.717, 1.165) is 16.3 Å². The Labute approximate surface area is 168 Å². The lowest BCUT2D eigenvalue weighted by atomic mass is 10.1. The van der Waals surface area contributed by atoms with Gasteiger partial charge in [0, 0.05) is 22.0 Å². The molecule has 0 fully saturated rings. The average molecular weight is 414 g/mol. The molecule has 2 aromatic heterocycles. The van der Waals surface area contributed by atoms with Crippen LogP contribution in [-0.2, 0) is 6.54 Å². The standard InChI is InChI=1S/C20H13ClFN3O2S/c21-13-7-5-12(6-8-13)17-11-28-19(24-17)10-23-20(26)16-9-18(27-25-16)14-3-1-2-4-15(14)22/h1-9,11H,10H2,(H,23,26). The largest absolute Gasteiger partial charge is 0.355 e. The van der Waals surface area contributed by atoms with Crippen LogP contribution in [0.5, 0.6) is 0 Å². The Kier molecular flexibility index (Phi) is 5.18. The van der Waals surface area contributed by atoms with E-state index < -0.39 is 11.7 Å². The number of nitrogens with one attached hydrogen (secondary N) is 1. The van der Waals surface area contributed by atoms with Gasteiger partial charge in [0.25, 0.3) is 5.91 Å². The molecule has 1 amide bonds. The van der Waals surface area contributed by atoms with E-state index in [1.165, 1.54) is 23.5 Å². The van der Waals surface area contributed by atoms with Gasteiger partial charge in [0.15, 0.2) is 11.5 Å². The predicted molar refractivity (Wildman–Crippen MR) is 106 cm³/mol. The van der Waals surface area contributed by atoms with Gasteiger partial charge in [-0.15, -0.1) is 11.3 Å². The Hall–Kier alpha value is -3.03. The lowest BCUT2D eigenvalue weighted by Crippen LogP contribution is -2.22. The molecule has 0 saturated heterocycles. The summed E-state index contributed by atoms with van der Waals surface area (Å²) < 4.78 is 18.9. The molecule has 4 rings (SSSR count). The van der Waals surface area contributed by atoms with Crippen molar-refractivity contribution in [2.24, 2.45) is 0 Å². The predicted octanol–water partition coefficient (Wildman–Crippen LogP) is 5.19. The van der Waals surface area contributed by atoms with Crippen LogP contribution in [0.4, 0.5) is 4.39 Å². The van der Waals surface area contributed by atoms with Crippen LogP contribution in [0.15, 0.2) is 64.5 Å². The molecule has 0 saturated carbocycles. The van der Waals surface area contributed by atoms with Crippen molar-refractivity contribution in [1.29, 1.82) is 0 Å². The van der Waals surface area contributed by atoms with Crippen LogP contribution in [0.1, 0.15) is 15.5 Å². The quantitative estimate of drug-likeness (QED) is 0.489. The highest BCUT2D eigenvalue weighted by molar-refractivity contribution is 7.09. The third-order valence-corrected chi connectivity index (χ3v) is 5.07. The molecule has 8 heteroatoms. The van der Waals surface area contributed by atoms with Crippen molar-refractivity contribution in [3.05, 3.63) is 81.5 Å². The van der Waals surface area contributed by atoms with Crippen molar-refractivity contribution < 1.29 is 13.7 Å². The number of aromatic nitrogens is 2. The number of hydrogen-bond donors (Lipinski definition) is 1. The van der Waals surface area contributed by atoms with Crippen molar-refractivity contribution in [2.45, 2.75) is 6.54 Å². The monoisotopic (exact) mass is 413 g/mol. The summed E-state index contributed by atoms with van der Waals surface area (Å²) in [6.07, 6.45) is 0. The second-order valence-electron chi connectivity index (χ2n) is 5.87. The fourth-order valence-corrected chi connectivity index (χ4v) is 3.43. The van der Waals surface area contributed by atoms with E-state index >= 15 is 0 Å². The Balaban J connectivity index is 1.41. The molecule has 0 aliphatic carbocycles. The van der Waals surface area contributed by atoms with E-state index in [1.54, 1.807) is 30.3 Å². The summed E-state index contributed by atoms with van der Waals surface area (Å²) in [5, 5.41) is 9.79. The Morgan fingerprint density at radius 1 is 1.18 bits per heavy atom. The van der Waals surface area contributed by atoms with E-state index in [0.29, 0.717) is 5.02 Å². The van der Waals surface area contributed by atoms with Crippen LogP contribution in [0, 0.1) is 5.82 Å². The first kappa shape index (κ1) is 18.3. The van der Waals surface area contributed by atoms with E-state index in [4.69, 9.17) is 16.1 Å². The molecule has 5 nitrogen and oxygen atoms in total. The van der Waals surface area contributed by atoms with Gasteiger partial charge in [-0.1, -0.05) is 41.0 Å². The van der Waals surface area contributed by atoms with Gasteiger partial charge in [0.2, 0.25) is 0 Å². The number of benzene rings is 2. The van der Waals surface area contributed by atoms with Crippen LogP contribution in [0.2, 0.25) is 5.02 Å². The van der Waals surface area contributed by atoms with E-state index in [2.05, 4.69) is 15.5 Å². The molecule has 0 radical (unpaired) electrons. The number of carbonyl (C=O) groups excluding carboxylic acids is 1. The summed E-state index contributed by atoms with van der Waals surface area (Å²) in [4.78, 5) is 16.8. The molecule has 0 aliphatic heterocycles. The Bertz CT molecular complexity index is 1120. The van der Waals surface area contributed by atoms with Gasteiger partial charge in [-0.3, -0.25) is 4.79 Å². The minimum Gasteiger partial charge on any atom is -0.355 e. The number of hydrogen-bond acceptors (Lipinski definition) is 5. The topological polar surface area (TPSA) is 68.0 Å². The second kappa shape index (κ2) is 7.92. The van der Waals surface area contributed by atoms with Crippen LogP contribution in [0.25, 0.3) is 22.6 Å². The first-order valence-electron chi connectivity index (χ1n) is 8.30. The molecule has 0 spiro atoms. The Morgan fingerprint density at radius 2 is 1.96 bits per heavy atom.